The number of fused-ring (bicyclic) bond motifs is 1. The van der Waals surface area contributed by atoms with Gasteiger partial charge in [-0.25, -0.2) is 4.68 Å². The van der Waals surface area contributed by atoms with E-state index >= 15 is 0 Å². The Hall–Kier alpha value is -2.41. The number of aliphatic hydroxyl groups is 1. The van der Waals surface area contributed by atoms with Crippen molar-refractivity contribution in [3.63, 3.8) is 0 Å². The van der Waals surface area contributed by atoms with Crippen LogP contribution in [0.1, 0.15) is 5.56 Å². The summed E-state index contributed by atoms with van der Waals surface area (Å²) in [7, 11) is 0. The van der Waals surface area contributed by atoms with Crippen LogP contribution in [0.3, 0.4) is 0 Å². The lowest BCUT2D eigenvalue weighted by molar-refractivity contribution is -0.123. The minimum atomic E-state index is -1.22. The van der Waals surface area contributed by atoms with Crippen LogP contribution in [0.15, 0.2) is 48.7 Å². The molecule has 0 aliphatic heterocycles. The molecule has 7 heteroatoms. The van der Waals surface area contributed by atoms with Gasteiger partial charge >= 0.3 is 0 Å². The van der Waals surface area contributed by atoms with Gasteiger partial charge < -0.3 is 16.2 Å². The molecule has 1 heterocycles. The lowest BCUT2D eigenvalue weighted by atomic mass is 10.2. The third-order valence-corrected chi connectivity index (χ3v) is 3.61. The Morgan fingerprint density at radius 2 is 2.12 bits per heavy atom. The minimum Gasteiger partial charge on any atom is -0.382 e. The van der Waals surface area contributed by atoms with Gasteiger partial charge in [0, 0.05) is 17.6 Å². The Kier molecular flexibility index (Phi) is 5.56. The predicted octanol–water partition coefficient (Wildman–Crippen LogP) is 2.01. The summed E-state index contributed by atoms with van der Waals surface area (Å²) in [5.41, 5.74) is 8.84. The first-order valence-electron chi connectivity index (χ1n) is 7.32. The monoisotopic (exact) mass is 346 g/mol. The third kappa shape index (κ3) is 3.56. The zero-order valence-corrected chi connectivity index (χ0v) is 14.0. The molecule has 24 heavy (non-hydrogen) atoms. The molecule has 0 radical (unpaired) electrons. The molecule has 1 aromatic heterocycles. The van der Waals surface area contributed by atoms with E-state index in [0.717, 1.165) is 22.2 Å². The van der Waals surface area contributed by atoms with Crippen molar-refractivity contribution < 1.29 is 9.90 Å². The second-order valence-corrected chi connectivity index (χ2v) is 5.41. The number of nitrogens with one attached hydrogen (secondary N) is 1. The van der Waals surface area contributed by atoms with Gasteiger partial charge in [0.25, 0.3) is 5.91 Å². The summed E-state index contributed by atoms with van der Waals surface area (Å²) < 4.78 is 1.82. The van der Waals surface area contributed by atoms with Crippen LogP contribution in [-0.2, 0) is 4.79 Å². The number of carbonyl (C=O) groups is 1. The highest BCUT2D eigenvalue weighted by Gasteiger charge is 2.13. The molecule has 4 N–H and O–H groups in total. The van der Waals surface area contributed by atoms with Crippen molar-refractivity contribution in [3.8, 4) is 5.69 Å². The highest BCUT2D eigenvalue weighted by Crippen LogP contribution is 2.22. The van der Waals surface area contributed by atoms with E-state index in [4.69, 9.17) is 5.73 Å². The summed E-state index contributed by atoms with van der Waals surface area (Å²) in [4.78, 5) is 11.8. The number of nitrogens with two attached hydrogens (primary N) is 1. The van der Waals surface area contributed by atoms with Gasteiger partial charge in [-0.1, -0.05) is 12.1 Å². The van der Waals surface area contributed by atoms with Crippen LogP contribution in [0.2, 0.25) is 0 Å². The Labute approximate surface area is 145 Å². The summed E-state index contributed by atoms with van der Waals surface area (Å²) in [6.45, 7) is 1.91. The quantitative estimate of drug-likeness (QED) is 0.673. The molecule has 0 aliphatic carbocycles. The van der Waals surface area contributed by atoms with E-state index in [2.05, 4.69) is 10.4 Å². The van der Waals surface area contributed by atoms with E-state index < -0.39 is 12.0 Å². The maximum Gasteiger partial charge on any atom is 0.254 e. The zero-order valence-electron chi connectivity index (χ0n) is 13.1. The SMILES string of the molecule is Cc1cccc(-n2ncc3ccc(NC(=O)C(O)CN)cc32)c1.Cl. The Balaban J connectivity index is 0.00000208. The highest BCUT2D eigenvalue weighted by molar-refractivity contribution is 5.96. The normalized spacial score (nSPS) is 11.8. The number of aliphatic hydroxyl groups excluding tert-OH is 1. The first kappa shape index (κ1) is 17.9. The van der Waals surface area contributed by atoms with E-state index in [1.807, 2.05) is 48.0 Å². The maximum atomic E-state index is 11.8. The van der Waals surface area contributed by atoms with Crippen LogP contribution >= 0.6 is 12.4 Å². The fourth-order valence-corrected chi connectivity index (χ4v) is 2.39. The molecule has 0 fully saturated rings. The van der Waals surface area contributed by atoms with E-state index in [1.165, 1.54) is 0 Å². The average molecular weight is 347 g/mol. The molecule has 0 saturated heterocycles. The molecular formula is C17H19ClN4O2. The lowest BCUT2D eigenvalue weighted by Gasteiger charge is -2.10. The first-order chi connectivity index (χ1) is 11.1. The van der Waals surface area contributed by atoms with E-state index in [9.17, 15) is 9.90 Å². The molecule has 3 rings (SSSR count). The smallest absolute Gasteiger partial charge is 0.254 e. The Bertz CT molecular complexity index is 863. The van der Waals surface area contributed by atoms with E-state index in [1.54, 1.807) is 12.3 Å². The number of aryl methyl sites for hydroxylation is 1. The van der Waals surface area contributed by atoms with Gasteiger partial charge in [0.2, 0.25) is 0 Å². The van der Waals surface area contributed by atoms with Gasteiger partial charge in [0.1, 0.15) is 6.10 Å². The van der Waals surface area contributed by atoms with Crippen LogP contribution in [0.25, 0.3) is 16.6 Å². The van der Waals surface area contributed by atoms with E-state index in [-0.39, 0.29) is 19.0 Å². The van der Waals surface area contributed by atoms with Crippen molar-refractivity contribution in [1.82, 2.24) is 9.78 Å². The van der Waals surface area contributed by atoms with Gasteiger partial charge in [0.05, 0.1) is 17.4 Å². The number of halogens is 1. The van der Waals surface area contributed by atoms with Crippen molar-refractivity contribution in [2.24, 2.45) is 5.73 Å². The lowest BCUT2D eigenvalue weighted by Crippen LogP contribution is -2.34. The standard InChI is InChI=1S/C17H18N4O2.ClH/c1-11-3-2-4-14(7-11)21-15-8-13(6-5-12(15)10-19-21)20-17(23)16(22)9-18;/h2-8,10,16,22H,9,18H2,1H3,(H,20,23);1H. The number of rotatable bonds is 4. The van der Waals surface area contributed by atoms with Crippen LogP contribution in [0.5, 0.6) is 0 Å². The van der Waals surface area contributed by atoms with Crippen LogP contribution in [-0.4, -0.2) is 33.4 Å². The topological polar surface area (TPSA) is 93.2 Å². The number of carbonyl (C=O) groups excluding carboxylic acids is 1. The Morgan fingerprint density at radius 3 is 2.83 bits per heavy atom. The number of benzene rings is 2. The highest BCUT2D eigenvalue weighted by atomic mass is 35.5. The van der Waals surface area contributed by atoms with Crippen molar-refractivity contribution in [2.45, 2.75) is 13.0 Å². The molecule has 1 amide bonds. The summed E-state index contributed by atoms with van der Waals surface area (Å²) in [5, 5.41) is 17.5. The number of hydrogen-bond donors (Lipinski definition) is 3. The zero-order chi connectivity index (χ0) is 16.4. The van der Waals surface area contributed by atoms with E-state index in [0.29, 0.717) is 5.69 Å². The molecule has 126 valence electrons. The molecule has 0 saturated carbocycles. The number of aromatic nitrogens is 2. The molecule has 3 aromatic rings. The third-order valence-electron chi connectivity index (χ3n) is 3.61. The van der Waals surface area contributed by atoms with Crippen molar-refractivity contribution >= 4 is 34.9 Å². The Morgan fingerprint density at radius 1 is 1.33 bits per heavy atom. The second kappa shape index (κ2) is 7.44. The number of amides is 1. The largest absolute Gasteiger partial charge is 0.382 e. The number of hydrogen-bond acceptors (Lipinski definition) is 4. The van der Waals surface area contributed by atoms with Gasteiger partial charge in [0.15, 0.2) is 0 Å². The molecule has 1 atom stereocenters. The molecule has 2 aromatic carbocycles. The van der Waals surface area contributed by atoms with Gasteiger partial charge in [-0.05, 0) is 42.8 Å². The number of nitrogens with zero attached hydrogens (tertiary/aromatic N) is 2. The predicted molar refractivity (Wildman–Crippen MR) is 96.7 cm³/mol. The minimum absolute atomic E-state index is 0. The fraction of sp³-hybridized carbons (Fsp3) is 0.176. The summed E-state index contributed by atoms with van der Waals surface area (Å²) in [6, 6.07) is 13.5. The average Bonchev–Trinajstić information content (AvgIpc) is 2.97. The first-order valence-corrected chi connectivity index (χ1v) is 7.32. The van der Waals surface area contributed by atoms with Crippen LogP contribution < -0.4 is 11.1 Å². The van der Waals surface area contributed by atoms with Crippen molar-refractivity contribution in [1.29, 1.82) is 0 Å². The summed E-state index contributed by atoms with van der Waals surface area (Å²) in [6.07, 6.45) is 0.560. The summed E-state index contributed by atoms with van der Waals surface area (Å²) in [5.74, 6) is -0.520. The van der Waals surface area contributed by atoms with Crippen LogP contribution in [0, 0.1) is 6.92 Å². The van der Waals surface area contributed by atoms with Gasteiger partial charge in [-0.2, -0.15) is 5.10 Å². The molecule has 6 nitrogen and oxygen atoms in total. The maximum absolute atomic E-state index is 11.8. The van der Waals surface area contributed by atoms with Crippen molar-refractivity contribution in [3.05, 3.63) is 54.2 Å². The van der Waals surface area contributed by atoms with Crippen LogP contribution in [0.4, 0.5) is 5.69 Å². The summed E-state index contributed by atoms with van der Waals surface area (Å²) >= 11 is 0. The molecular weight excluding hydrogens is 328 g/mol. The molecule has 0 spiro atoms. The second-order valence-electron chi connectivity index (χ2n) is 5.41. The fourth-order valence-electron chi connectivity index (χ4n) is 2.39. The van der Waals surface area contributed by atoms with Gasteiger partial charge in [-0.3, -0.25) is 4.79 Å². The van der Waals surface area contributed by atoms with Gasteiger partial charge in [-0.15, -0.1) is 12.4 Å². The molecule has 1 unspecified atom stereocenters. The molecule has 0 aliphatic rings. The van der Waals surface area contributed by atoms with Crippen molar-refractivity contribution in [2.75, 3.05) is 11.9 Å². The number of anilines is 1. The molecule has 0 bridgehead atoms.